The standard InChI is InChI=1S/C30H29ClN2O2S/c31-24-9-7-8-22(18-24)20-33-26-12-5-6-13-27(26)36-28(30(33)35)19-21-14-16-23(17-15-21)29(34)32-25-10-3-1-2-4-11-25/h5-9,12-19,25H,1-4,10-11,20H2,(H,32,34). The lowest BCUT2D eigenvalue weighted by Gasteiger charge is -2.30. The van der Waals surface area contributed by atoms with Gasteiger partial charge in [0.2, 0.25) is 0 Å². The minimum Gasteiger partial charge on any atom is -0.349 e. The predicted molar refractivity (Wildman–Crippen MR) is 148 cm³/mol. The first-order valence-corrected chi connectivity index (χ1v) is 13.7. The average Bonchev–Trinajstić information content (AvgIpc) is 3.15. The van der Waals surface area contributed by atoms with Gasteiger partial charge in [-0.1, -0.05) is 85.4 Å². The fraction of sp³-hybridized carbons (Fsp3) is 0.267. The van der Waals surface area contributed by atoms with Crippen molar-refractivity contribution >= 4 is 46.9 Å². The van der Waals surface area contributed by atoms with Crippen LogP contribution in [-0.2, 0) is 11.3 Å². The third kappa shape index (κ3) is 5.85. The Morgan fingerprint density at radius 2 is 1.72 bits per heavy atom. The molecule has 4 nitrogen and oxygen atoms in total. The van der Waals surface area contributed by atoms with Crippen LogP contribution in [0.25, 0.3) is 6.08 Å². The van der Waals surface area contributed by atoms with Gasteiger partial charge in [0.15, 0.2) is 0 Å². The molecule has 3 aromatic carbocycles. The summed E-state index contributed by atoms with van der Waals surface area (Å²) in [5, 5.41) is 3.85. The average molecular weight is 517 g/mol. The molecule has 1 N–H and O–H groups in total. The van der Waals surface area contributed by atoms with E-state index in [0.717, 1.165) is 34.6 Å². The van der Waals surface area contributed by atoms with E-state index in [1.54, 1.807) is 4.90 Å². The number of benzene rings is 3. The van der Waals surface area contributed by atoms with Crippen LogP contribution < -0.4 is 10.2 Å². The molecule has 0 spiro atoms. The Balaban J connectivity index is 1.34. The Kier molecular flexibility index (Phi) is 7.78. The number of rotatable bonds is 5. The quantitative estimate of drug-likeness (QED) is 0.282. The molecule has 36 heavy (non-hydrogen) atoms. The van der Waals surface area contributed by atoms with Gasteiger partial charge in [0.1, 0.15) is 0 Å². The summed E-state index contributed by atoms with van der Waals surface area (Å²) in [7, 11) is 0. The third-order valence-electron chi connectivity index (χ3n) is 6.72. The Hall–Kier alpha value is -3.02. The number of halogens is 1. The lowest BCUT2D eigenvalue weighted by molar-refractivity contribution is -0.114. The van der Waals surface area contributed by atoms with Gasteiger partial charge >= 0.3 is 0 Å². The maximum absolute atomic E-state index is 13.5. The maximum atomic E-state index is 13.5. The SMILES string of the molecule is O=C(NC1CCCCCC1)c1ccc(C=C2Sc3ccccc3N(Cc3cccc(Cl)c3)C2=O)cc1. The van der Waals surface area contributed by atoms with Crippen molar-refractivity contribution in [2.75, 3.05) is 4.90 Å². The van der Waals surface area contributed by atoms with Crippen LogP contribution in [0.5, 0.6) is 0 Å². The van der Waals surface area contributed by atoms with Crippen molar-refractivity contribution in [2.24, 2.45) is 0 Å². The van der Waals surface area contributed by atoms with E-state index in [2.05, 4.69) is 5.32 Å². The minimum absolute atomic E-state index is 0.0224. The normalized spacial score (nSPS) is 17.5. The molecule has 0 unspecified atom stereocenters. The molecule has 0 bridgehead atoms. The smallest absolute Gasteiger partial charge is 0.265 e. The van der Waals surface area contributed by atoms with Gasteiger partial charge in [0, 0.05) is 21.5 Å². The number of thioether (sulfide) groups is 1. The zero-order valence-corrected chi connectivity index (χ0v) is 21.7. The van der Waals surface area contributed by atoms with Crippen molar-refractivity contribution in [3.05, 3.63) is 99.4 Å². The number of para-hydroxylation sites is 1. The molecule has 0 aromatic heterocycles. The first kappa shape index (κ1) is 24.7. The van der Waals surface area contributed by atoms with E-state index in [1.165, 1.54) is 37.4 Å². The Bertz CT molecular complexity index is 1280. The number of hydrogen-bond acceptors (Lipinski definition) is 3. The van der Waals surface area contributed by atoms with Crippen molar-refractivity contribution in [1.82, 2.24) is 5.32 Å². The molecular weight excluding hydrogens is 488 g/mol. The van der Waals surface area contributed by atoms with Crippen molar-refractivity contribution < 1.29 is 9.59 Å². The molecule has 1 saturated carbocycles. The predicted octanol–water partition coefficient (Wildman–Crippen LogP) is 7.47. The van der Waals surface area contributed by atoms with Gasteiger partial charge in [-0.05, 0) is 66.4 Å². The summed E-state index contributed by atoms with van der Waals surface area (Å²) >= 11 is 7.66. The van der Waals surface area contributed by atoms with E-state index in [9.17, 15) is 9.59 Å². The molecule has 0 saturated heterocycles. The van der Waals surface area contributed by atoms with E-state index in [4.69, 9.17) is 11.6 Å². The van der Waals surface area contributed by atoms with Gasteiger partial charge in [-0.25, -0.2) is 0 Å². The lowest BCUT2D eigenvalue weighted by Crippen LogP contribution is -2.34. The molecule has 0 radical (unpaired) electrons. The maximum Gasteiger partial charge on any atom is 0.265 e. The highest BCUT2D eigenvalue weighted by Gasteiger charge is 2.29. The molecule has 2 amide bonds. The number of carbonyl (C=O) groups is 2. The number of amides is 2. The van der Waals surface area contributed by atoms with Crippen LogP contribution in [0, 0.1) is 0 Å². The summed E-state index contributed by atoms with van der Waals surface area (Å²) in [6.07, 6.45) is 8.90. The molecule has 5 rings (SSSR count). The van der Waals surface area contributed by atoms with Crippen molar-refractivity contribution in [3.8, 4) is 0 Å². The summed E-state index contributed by atoms with van der Waals surface area (Å²) < 4.78 is 0. The second kappa shape index (κ2) is 11.4. The molecule has 1 aliphatic heterocycles. The number of anilines is 1. The fourth-order valence-corrected chi connectivity index (χ4v) is 6.08. The highest BCUT2D eigenvalue weighted by Crippen LogP contribution is 2.42. The van der Waals surface area contributed by atoms with E-state index in [1.807, 2.05) is 78.9 Å². The zero-order chi connectivity index (χ0) is 24.9. The van der Waals surface area contributed by atoms with Gasteiger partial charge in [-0.15, -0.1) is 0 Å². The summed E-state index contributed by atoms with van der Waals surface area (Å²) in [6, 6.07) is 23.3. The molecule has 1 heterocycles. The number of carbonyl (C=O) groups excluding carboxylic acids is 2. The van der Waals surface area contributed by atoms with Gasteiger partial charge in [-0.3, -0.25) is 9.59 Å². The second-order valence-corrected chi connectivity index (χ2v) is 10.9. The summed E-state index contributed by atoms with van der Waals surface area (Å²) in [5.74, 6) is -0.0697. The van der Waals surface area contributed by atoms with Gasteiger partial charge < -0.3 is 10.2 Å². The molecule has 1 aliphatic carbocycles. The summed E-state index contributed by atoms with van der Waals surface area (Å²) in [6.45, 7) is 0.439. The first-order chi connectivity index (χ1) is 17.6. The number of nitrogens with one attached hydrogen (secondary N) is 1. The van der Waals surface area contributed by atoms with Crippen LogP contribution in [0.2, 0.25) is 5.02 Å². The van der Waals surface area contributed by atoms with E-state index < -0.39 is 0 Å². The fourth-order valence-electron chi connectivity index (χ4n) is 4.81. The van der Waals surface area contributed by atoms with E-state index >= 15 is 0 Å². The molecule has 6 heteroatoms. The minimum atomic E-state index is -0.0474. The summed E-state index contributed by atoms with van der Waals surface area (Å²) in [4.78, 5) is 29.8. The van der Waals surface area contributed by atoms with Crippen LogP contribution in [0.15, 0.2) is 82.6 Å². The number of nitrogens with zero attached hydrogens (tertiary/aromatic N) is 1. The van der Waals surface area contributed by atoms with Gasteiger partial charge in [0.25, 0.3) is 11.8 Å². The molecule has 3 aromatic rings. The van der Waals surface area contributed by atoms with Crippen molar-refractivity contribution in [1.29, 1.82) is 0 Å². The van der Waals surface area contributed by atoms with Crippen LogP contribution in [0.1, 0.15) is 60.0 Å². The van der Waals surface area contributed by atoms with E-state index in [0.29, 0.717) is 22.0 Å². The van der Waals surface area contributed by atoms with Crippen LogP contribution >= 0.6 is 23.4 Å². The molecule has 1 fully saturated rings. The lowest BCUT2D eigenvalue weighted by atomic mass is 10.1. The topological polar surface area (TPSA) is 49.4 Å². The van der Waals surface area contributed by atoms with E-state index in [-0.39, 0.29) is 17.9 Å². The second-order valence-electron chi connectivity index (χ2n) is 9.38. The first-order valence-electron chi connectivity index (χ1n) is 12.5. The Morgan fingerprint density at radius 3 is 2.47 bits per heavy atom. The van der Waals surface area contributed by atoms with Gasteiger partial charge in [0.05, 0.1) is 17.1 Å². The van der Waals surface area contributed by atoms with Crippen LogP contribution in [0.4, 0.5) is 5.69 Å². The monoisotopic (exact) mass is 516 g/mol. The largest absolute Gasteiger partial charge is 0.349 e. The zero-order valence-electron chi connectivity index (χ0n) is 20.1. The van der Waals surface area contributed by atoms with Crippen molar-refractivity contribution in [2.45, 2.75) is 56.0 Å². The van der Waals surface area contributed by atoms with Crippen LogP contribution in [-0.4, -0.2) is 17.9 Å². The number of fused-ring (bicyclic) bond motifs is 1. The third-order valence-corrected chi connectivity index (χ3v) is 8.04. The Labute approximate surface area is 221 Å². The van der Waals surface area contributed by atoms with Crippen LogP contribution in [0.3, 0.4) is 0 Å². The highest BCUT2D eigenvalue weighted by atomic mass is 35.5. The Morgan fingerprint density at radius 1 is 0.972 bits per heavy atom. The molecule has 184 valence electrons. The highest BCUT2D eigenvalue weighted by molar-refractivity contribution is 8.04. The van der Waals surface area contributed by atoms with Gasteiger partial charge in [-0.2, -0.15) is 0 Å². The van der Waals surface area contributed by atoms with Crippen molar-refractivity contribution in [3.63, 3.8) is 0 Å². The molecule has 2 aliphatic rings. The molecule has 0 atom stereocenters. The summed E-state index contributed by atoms with van der Waals surface area (Å²) in [5.41, 5.74) is 3.41. The number of hydrogen-bond donors (Lipinski definition) is 1. The molecular formula is C30H29ClN2O2S.